The number of piperidine rings is 1. The first-order valence-corrected chi connectivity index (χ1v) is 8.55. The summed E-state index contributed by atoms with van der Waals surface area (Å²) < 4.78 is 0. The topological polar surface area (TPSA) is 57.3 Å². The molecule has 0 saturated carbocycles. The zero-order valence-electron chi connectivity index (χ0n) is 14.0. The zero-order valence-corrected chi connectivity index (χ0v) is 15.6. The van der Waals surface area contributed by atoms with Crippen LogP contribution in [-0.4, -0.2) is 43.1 Å². The highest BCUT2D eigenvalue weighted by Crippen LogP contribution is 2.17. The maximum atomic E-state index is 12.3. The molecule has 0 spiro atoms. The second-order valence-corrected chi connectivity index (χ2v) is 6.32. The minimum absolute atomic E-state index is 0. The first kappa shape index (κ1) is 21.0. The molecule has 2 N–H and O–H groups in total. The van der Waals surface area contributed by atoms with Crippen molar-refractivity contribution in [2.24, 2.45) is 0 Å². The molecule has 1 unspecified atom stereocenters. The van der Waals surface area contributed by atoms with Gasteiger partial charge in [-0.15, -0.1) is 24.8 Å². The van der Waals surface area contributed by atoms with Crippen molar-refractivity contribution in [1.29, 1.82) is 0 Å². The van der Waals surface area contributed by atoms with Crippen molar-refractivity contribution < 1.29 is 4.79 Å². The summed E-state index contributed by atoms with van der Waals surface area (Å²) in [6.45, 7) is 4.07. The van der Waals surface area contributed by atoms with Gasteiger partial charge >= 0.3 is 0 Å². The van der Waals surface area contributed by atoms with Crippen molar-refractivity contribution in [1.82, 2.24) is 15.6 Å². The van der Waals surface area contributed by atoms with Crippen LogP contribution in [0.5, 0.6) is 0 Å². The molecule has 1 aromatic rings. The van der Waals surface area contributed by atoms with Gasteiger partial charge in [0.25, 0.3) is 5.91 Å². The number of carbonyl (C=O) groups is 1. The fourth-order valence-corrected chi connectivity index (χ4v) is 3.25. The fourth-order valence-electron chi connectivity index (χ4n) is 3.25. The fraction of sp³-hybridized carbons (Fsp3) is 0.647. The lowest BCUT2D eigenvalue weighted by atomic mass is 10.1. The number of carbonyl (C=O) groups excluding carboxylic acids is 1. The van der Waals surface area contributed by atoms with E-state index >= 15 is 0 Å². The van der Waals surface area contributed by atoms with Crippen LogP contribution >= 0.6 is 24.8 Å². The first-order valence-electron chi connectivity index (χ1n) is 8.55. The van der Waals surface area contributed by atoms with E-state index in [0.717, 1.165) is 44.8 Å². The standard InChI is InChI=1S/C17H26N4O.2ClH/c22-17(20-15-6-5-9-18-13-15)14-7-8-16(19-12-14)21-10-3-1-2-4-11-21;;/h7-8,12,15,18H,1-6,9-11,13H2,(H,20,22);2*1H. The molecule has 0 radical (unpaired) electrons. The normalized spacial score (nSPS) is 21.0. The van der Waals surface area contributed by atoms with Gasteiger partial charge in [-0.05, 0) is 44.4 Å². The van der Waals surface area contributed by atoms with E-state index < -0.39 is 0 Å². The molecule has 2 saturated heterocycles. The summed E-state index contributed by atoms with van der Waals surface area (Å²) >= 11 is 0. The molecule has 1 aromatic heterocycles. The quantitative estimate of drug-likeness (QED) is 0.853. The predicted octanol–water partition coefficient (Wildman–Crippen LogP) is 2.79. The van der Waals surface area contributed by atoms with Crippen LogP contribution in [0.2, 0.25) is 0 Å². The molecule has 2 aliphatic heterocycles. The predicted molar refractivity (Wildman–Crippen MR) is 103 cm³/mol. The third-order valence-corrected chi connectivity index (χ3v) is 4.57. The summed E-state index contributed by atoms with van der Waals surface area (Å²) in [6, 6.07) is 4.13. The Balaban J connectivity index is 0.00000144. The molecular weight excluding hydrogens is 347 g/mol. The maximum absolute atomic E-state index is 12.3. The summed E-state index contributed by atoms with van der Waals surface area (Å²) in [4.78, 5) is 19.1. The van der Waals surface area contributed by atoms with Gasteiger partial charge in [0.05, 0.1) is 5.56 Å². The minimum atomic E-state index is -0.0105. The highest BCUT2D eigenvalue weighted by Gasteiger charge is 2.17. The average molecular weight is 375 g/mol. The monoisotopic (exact) mass is 374 g/mol. The lowest BCUT2D eigenvalue weighted by molar-refractivity contribution is 0.0930. The van der Waals surface area contributed by atoms with E-state index in [1.54, 1.807) is 6.20 Å². The van der Waals surface area contributed by atoms with Crippen molar-refractivity contribution in [3.05, 3.63) is 23.9 Å². The number of halogens is 2. The number of anilines is 1. The second kappa shape index (κ2) is 10.7. The van der Waals surface area contributed by atoms with Crippen LogP contribution in [0.15, 0.2) is 18.3 Å². The van der Waals surface area contributed by atoms with Crippen LogP contribution in [0.4, 0.5) is 5.82 Å². The molecule has 1 amide bonds. The lowest BCUT2D eigenvalue weighted by Crippen LogP contribution is -2.45. The van der Waals surface area contributed by atoms with Crippen LogP contribution in [0.3, 0.4) is 0 Å². The number of amides is 1. The number of pyridine rings is 1. The second-order valence-electron chi connectivity index (χ2n) is 6.32. The average Bonchev–Trinajstić information content (AvgIpc) is 2.85. The van der Waals surface area contributed by atoms with Crippen molar-refractivity contribution in [3.8, 4) is 0 Å². The summed E-state index contributed by atoms with van der Waals surface area (Å²) in [5.74, 6) is 0.987. The van der Waals surface area contributed by atoms with E-state index in [1.807, 2.05) is 12.1 Å². The van der Waals surface area contributed by atoms with Gasteiger partial charge in [0.15, 0.2) is 0 Å². The van der Waals surface area contributed by atoms with E-state index in [2.05, 4.69) is 20.5 Å². The van der Waals surface area contributed by atoms with Crippen LogP contribution in [0.1, 0.15) is 48.9 Å². The molecule has 0 bridgehead atoms. The van der Waals surface area contributed by atoms with Gasteiger partial charge in [-0.2, -0.15) is 0 Å². The Hall–Kier alpha value is -1.04. The highest BCUT2D eigenvalue weighted by atomic mass is 35.5. The molecule has 3 rings (SSSR count). The Morgan fingerprint density at radius 1 is 1.12 bits per heavy atom. The summed E-state index contributed by atoms with van der Waals surface area (Å²) in [6.07, 6.45) is 8.98. The molecule has 2 aliphatic rings. The molecule has 3 heterocycles. The highest BCUT2D eigenvalue weighted by molar-refractivity contribution is 5.94. The first-order chi connectivity index (χ1) is 10.8. The van der Waals surface area contributed by atoms with Gasteiger partial charge in [-0.25, -0.2) is 4.98 Å². The van der Waals surface area contributed by atoms with Crippen LogP contribution < -0.4 is 15.5 Å². The van der Waals surface area contributed by atoms with E-state index in [1.165, 1.54) is 25.7 Å². The smallest absolute Gasteiger partial charge is 0.253 e. The minimum Gasteiger partial charge on any atom is -0.357 e. The molecule has 136 valence electrons. The summed E-state index contributed by atoms with van der Waals surface area (Å²) in [7, 11) is 0. The third kappa shape index (κ3) is 5.80. The summed E-state index contributed by atoms with van der Waals surface area (Å²) in [5.41, 5.74) is 0.657. The van der Waals surface area contributed by atoms with Crippen LogP contribution in [0.25, 0.3) is 0 Å². The van der Waals surface area contributed by atoms with Crippen molar-refractivity contribution in [2.45, 2.75) is 44.6 Å². The number of rotatable bonds is 3. The zero-order chi connectivity index (χ0) is 15.2. The van der Waals surface area contributed by atoms with E-state index in [-0.39, 0.29) is 36.8 Å². The molecule has 24 heavy (non-hydrogen) atoms. The Bertz CT molecular complexity index is 484. The van der Waals surface area contributed by atoms with Crippen molar-refractivity contribution >= 4 is 36.5 Å². The molecule has 1 atom stereocenters. The van der Waals surface area contributed by atoms with Gasteiger partial charge in [-0.3, -0.25) is 4.79 Å². The van der Waals surface area contributed by atoms with Gasteiger partial charge in [0.1, 0.15) is 5.82 Å². The number of hydrogen-bond donors (Lipinski definition) is 2. The van der Waals surface area contributed by atoms with E-state index in [0.29, 0.717) is 5.56 Å². The van der Waals surface area contributed by atoms with E-state index in [9.17, 15) is 4.79 Å². The Labute approximate surface area is 156 Å². The number of aromatic nitrogens is 1. The summed E-state index contributed by atoms with van der Waals surface area (Å²) in [5, 5.41) is 6.40. The van der Waals surface area contributed by atoms with Gasteiger partial charge in [0.2, 0.25) is 0 Å². The lowest BCUT2D eigenvalue weighted by Gasteiger charge is -2.24. The number of hydrogen-bond acceptors (Lipinski definition) is 4. The third-order valence-electron chi connectivity index (χ3n) is 4.57. The SMILES string of the molecule is Cl.Cl.O=C(NC1CCCNC1)c1ccc(N2CCCCCC2)nc1. The Kier molecular flexibility index (Phi) is 9.41. The van der Waals surface area contributed by atoms with Crippen molar-refractivity contribution in [3.63, 3.8) is 0 Å². The van der Waals surface area contributed by atoms with Crippen LogP contribution in [0, 0.1) is 0 Å². The Morgan fingerprint density at radius 3 is 2.46 bits per heavy atom. The van der Waals surface area contributed by atoms with E-state index in [4.69, 9.17) is 0 Å². The molecule has 0 aromatic carbocycles. The molecule has 5 nitrogen and oxygen atoms in total. The molecular formula is C17H28Cl2N4O. The number of nitrogens with zero attached hydrogens (tertiary/aromatic N) is 2. The van der Waals surface area contributed by atoms with Crippen molar-refractivity contribution in [2.75, 3.05) is 31.1 Å². The molecule has 7 heteroatoms. The van der Waals surface area contributed by atoms with Gasteiger partial charge < -0.3 is 15.5 Å². The number of nitrogens with one attached hydrogen (secondary N) is 2. The van der Waals surface area contributed by atoms with Gasteiger partial charge in [-0.1, -0.05) is 12.8 Å². The Morgan fingerprint density at radius 2 is 1.88 bits per heavy atom. The molecule has 2 fully saturated rings. The largest absolute Gasteiger partial charge is 0.357 e. The molecule has 0 aliphatic carbocycles. The maximum Gasteiger partial charge on any atom is 0.253 e. The van der Waals surface area contributed by atoms with Crippen LogP contribution in [-0.2, 0) is 0 Å². The van der Waals surface area contributed by atoms with Gasteiger partial charge in [0, 0.05) is 31.9 Å².